The van der Waals surface area contributed by atoms with Gasteiger partial charge in [0.25, 0.3) is 0 Å². The van der Waals surface area contributed by atoms with Gasteiger partial charge in [-0.15, -0.1) is 0 Å². The standard InChI is InChI=1S/C16H30N2/c1-3-9-15(10-4-1)18(17-13-7-8-14-17)16-11-5-2-6-12-16/h15-16H,1-14H2. The zero-order chi connectivity index (χ0) is 12.2. The molecule has 0 spiro atoms. The molecule has 0 radical (unpaired) electrons. The molecule has 0 amide bonds. The molecule has 1 heterocycles. The zero-order valence-electron chi connectivity index (χ0n) is 11.9. The van der Waals surface area contributed by atoms with Gasteiger partial charge in [0.1, 0.15) is 0 Å². The van der Waals surface area contributed by atoms with Crippen LogP contribution >= 0.6 is 0 Å². The first-order valence-electron chi connectivity index (χ1n) is 8.48. The molecule has 2 saturated carbocycles. The van der Waals surface area contributed by atoms with Crippen LogP contribution < -0.4 is 0 Å². The highest BCUT2D eigenvalue weighted by molar-refractivity contribution is 4.84. The molecule has 0 unspecified atom stereocenters. The van der Waals surface area contributed by atoms with E-state index in [1.807, 2.05) is 0 Å². The van der Waals surface area contributed by atoms with Crippen molar-refractivity contribution in [3.63, 3.8) is 0 Å². The molecular formula is C16H30N2. The summed E-state index contributed by atoms with van der Waals surface area (Å²) in [4.78, 5) is 0. The molecule has 3 rings (SSSR count). The normalized spacial score (nSPS) is 29.2. The Morgan fingerprint density at radius 2 is 1.00 bits per heavy atom. The van der Waals surface area contributed by atoms with Crippen molar-refractivity contribution in [1.82, 2.24) is 10.0 Å². The van der Waals surface area contributed by atoms with Crippen molar-refractivity contribution in [3.8, 4) is 0 Å². The molecule has 0 N–H and O–H groups in total. The molecule has 18 heavy (non-hydrogen) atoms. The lowest BCUT2D eigenvalue weighted by Crippen LogP contribution is -2.54. The molecule has 1 saturated heterocycles. The first kappa shape index (κ1) is 12.9. The molecular weight excluding hydrogens is 220 g/mol. The van der Waals surface area contributed by atoms with Gasteiger partial charge in [0.05, 0.1) is 0 Å². The average molecular weight is 250 g/mol. The minimum Gasteiger partial charge on any atom is -0.241 e. The summed E-state index contributed by atoms with van der Waals surface area (Å²) in [5.74, 6) is 0. The first-order chi connectivity index (χ1) is 8.95. The van der Waals surface area contributed by atoms with E-state index in [4.69, 9.17) is 0 Å². The Hall–Kier alpha value is -0.0800. The van der Waals surface area contributed by atoms with Crippen molar-refractivity contribution in [3.05, 3.63) is 0 Å². The Bertz CT molecular complexity index is 217. The minimum absolute atomic E-state index is 0.889. The summed E-state index contributed by atoms with van der Waals surface area (Å²) >= 11 is 0. The molecule has 0 aromatic rings. The van der Waals surface area contributed by atoms with Crippen molar-refractivity contribution in [2.75, 3.05) is 13.1 Å². The van der Waals surface area contributed by atoms with Gasteiger partial charge in [0.2, 0.25) is 0 Å². The predicted octanol–water partition coefficient (Wildman–Crippen LogP) is 3.96. The smallest absolute Gasteiger partial charge is 0.0249 e. The van der Waals surface area contributed by atoms with Crippen molar-refractivity contribution >= 4 is 0 Å². The number of nitrogens with zero attached hydrogens (tertiary/aromatic N) is 2. The predicted molar refractivity (Wildman–Crippen MR) is 76.4 cm³/mol. The van der Waals surface area contributed by atoms with Gasteiger partial charge in [-0.1, -0.05) is 38.5 Å². The second-order valence-corrected chi connectivity index (χ2v) is 6.62. The highest BCUT2D eigenvalue weighted by atomic mass is 15.6. The van der Waals surface area contributed by atoms with E-state index in [1.165, 1.54) is 90.1 Å². The quantitative estimate of drug-likeness (QED) is 0.748. The fraction of sp³-hybridized carbons (Fsp3) is 1.00. The van der Waals surface area contributed by atoms with Crippen LogP contribution in [0.2, 0.25) is 0 Å². The van der Waals surface area contributed by atoms with Gasteiger partial charge >= 0.3 is 0 Å². The number of hydrogen-bond donors (Lipinski definition) is 0. The second-order valence-electron chi connectivity index (χ2n) is 6.62. The number of hydrogen-bond acceptors (Lipinski definition) is 2. The van der Waals surface area contributed by atoms with Gasteiger partial charge in [0.15, 0.2) is 0 Å². The number of rotatable bonds is 3. The molecule has 0 aromatic carbocycles. The SMILES string of the molecule is C1CCC(N(C2CCCCC2)N2CCCC2)CC1. The topological polar surface area (TPSA) is 6.48 Å². The van der Waals surface area contributed by atoms with E-state index in [-0.39, 0.29) is 0 Å². The third-order valence-electron chi connectivity index (χ3n) is 5.31. The van der Waals surface area contributed by atoms with E-state index in [0.717, 1.165) is 12.1 Å². The lowest BCUT2D eigenvalue weighted by molar-refractivity contribution is -0.0977. The van der Waals surface area contributed by atoms with E-state index in [2.05, 4.69) is 10.0 Å². The fourth-order valence-corrected chi connectivity index (χ4v) is 4.38. The maximum atomic E-state index is 2.89. The van der Waals surface area contributed by atoms with Crippen LogP contribution in [0.25, 0.3) is 0 Å². The van der Waals surface area contributed by atoms with Crippen LogP contribution in [-0.4, -0.2) is 35.2 Å². The monoisotopic (exact) mass is 250 g/mol. The van der Waals surface area contributed by atoms with E-state index in [9.17, 15) is 0 Å². The van der Waals surface area contributed by atoms with Gasteiger partial charge in [-0.3, -0.25) is 0 Å². The van der Waals surface area contributed by atoms with E-state index in [1.54, 1.807) is 0 Å². The van der Waals surface area contributed by atoms with Crippen LogP contribution in [0.5, 0.6) is 0 Å². The zero-order valence-corrected chi connectivity index (χ0v) is 11.9. The number of hydrazine groups is 1. The van der Waals surface area contributed by atoms with Crippen LogP contribution in [0.3, 0.4) is 0 Å². The molecule has 104 valence electrons. The second kappa shape index (κ2) is 6.38. The third-order valence-corrected chi connectivity index (χ3v) is 5.31. The molecule has 0 bridgehead atoms. The summed E-state index contributed by atoms with van der Waals surface area (Å²) in [7, 11) is 0. The highest BCUT2D eigenvalue weighted by Crippen LogP contribution is 2.32. The van der Waals surface area contributed by atoms with E-state index >= 15 is 0 Å². The molecule has 0 aromatic heterocycles. The van der Waals surface area contributed by atoms with E-state index in [0.29, 0.717) is 0 Å². The summed E-state index contributed by atoms with van der Waals surface area (Å²) in [5, 5.41) is 5.64. The van der Waals surface area contributed by atoms with Crippen LogP contribution in [-0.2, 0) is 0 Å². The lowest BCUT2D eigenvalue weighted by atomic mass is 9.90. The molecule has 1 aliphatic heterocycles. The Kier molecular flexibility index (Phi) is 4.58. The summed E-state index contributed by atoms with van der Waals surface area (Å²) in [5.41, 5.74) is 0. The minimum atomic E-state index is 0.889. The van der Waals surface area contributed by atoms with Gasteiger partial charge < -0.3 is 0 Å². The summed E-state index contributed by atoms with van der Waals surface area (Å²) in [6.07, 6.45) is 17.6. The first-order valence-corrected chi connectivity index (χ1v) is 8.48. The summed E-state index contributed by atoms with van der Waals surface area (Å²) in [6.45, 7) is 2.68. The Balaban J connectivity index is 1.68. The maximum Gasteiger partial charge on any atom is 0.0249 e. The van der Waals surface area contributed by atoms with Crippen LogP contribution in [0.4, 0.5) is 0 Å². The molecule has 2 aliphatic carbocycles. The Morgan fingerprint density at radius 3 is 1.44 bits per heavy atom. The molecule has 3 fully saturated rings. The maximum absolute atomic E-state index is 2.89. The van der Waals surface area contributed by atoms with Crippen LogP contribution in [0.1, 0.15) is 77.0 Å². The summed E-state index contributed by atoms with van der Waals surface area (Å²) in [6, 6.07) is 1.78. The Labute approximate surface area is 113 Å². The van der Waals surface area contributed by atoms with Gasteiger partial charge in [-0.2, -0.15) is 0 Å². The van der Waals surface area contributed by atoms with Crippen molar-refractivity contribution in [1.29, 1.82) is 0 Å². The van der Waals surface area contributed by atoms with Crippen molar-refractivity contribution in [2.45, 2.75) is 89.1 Å². The van der Waals surface area contributed by atoms with Gasteiger partial charge in [0, 0.05) is 25.2 Å². The lowest BCUT2D eigenvalue weighted by Gasteiger charge is -2.46. The summed E-state index contributed by atoms with van der Waals surface area (Å²) < 4.78 is 0. The Morgan fingerprint density at radius 1 is 0.556 bits per heavy atom. The molecule has 0 atom stereocenters. The van der Waals surface area contributed by atoms with Crippen molar-refractivity contribution in [2.24, 2.45) is 0 Å². The van der Waals surface area contributed by atoms with Gasteiger partial charge in [-0.05, 0) is 38.5 Å². The van der Waals surface area contributed by atoms with E-state index < -0.39 is 0 Å². The van der Waals surface area contributed by atoms with Crippen LogP contribution in [0, 0.1) is 0 Å². The van der Waals surface area contributed by atoms with Crippen LogP contribution in [0.15, 0.2) is 0 Å². The average Bonchev–Trinajstić information content (AvgIpc) is 2.95. The largest absolute Gasteiger partial charge is 0.241 e. The molecule has 2 nitrogen and oxygen atoms in total. The highest BCUT2D eigenvalue weighted by Gasteiger charge is 2.33. The van der Waals surface area contributed by atoms with Gasteiger partial charge in [-0.25, -0.2) is 10.0 Å². The fourth-order valence-electron chi connectivity index (χ4n) is 4.38. The third kappa shape index (κ3) is 2.91. The molecule has 2 heteroatoms. The van der Waals surface area contributed by atoms with Crippen molar-refractivity contribution < 1.29 is 0 Å². The molecule has 3 aliphatic rings.